The van der Waals surface area contributed by atoms with E-state index in [0.29, 0.717) is 23.5 Å². The average Bonchev–Trinajstić information content (AvgIpc) is 2.76. The Kier molecular flexibility index (Phi) is 8.19. The van der Waals surface area contributed by atoms with E-state index in [0.717, 1.165) is 44.1 Å². The van der Waals surface area contributed by atoms with Crippen LogP contribution in [0, 0.1) is 23.4 Å². The zero-order chi connectivity index (χ0) is 22.4. The van der Waals surface area contributed by atoms with Gasteiger partial charge in [-0.25, -0.2) is 8.78 Å². The highest BCUT2D eigenvalue weighted by molar-refractivity contribution is 5.33. The lowest BCUT2D eigenvalue weighted by molar-refractivity contribution is 0.194. The third-order valence-corrected chi connectivity index (χ3v) is 6.30. The molecule has 0 aliphatic heterocycles. The molecule has 1 aliphatic rings. The summed E-state index contributed by atoms with van der Waals surface area (Å²) in [6, 6.07) is 8.19. The van der Waals surface area contributed by atoms with Gasteiger partial charge in [0.25, 0.3) is 0 Å². The summed E-state index contributed by atoms with van der Waals surface area (Å²) in [7, 11) is 0. The van der Waals surface area contributed by atoms with E-state index in [-0.39, 0.29) is 24.1 Å². The van der Waals surface area contributed by atoms with Gasteiger partial charge in [0.2, 0.25) is 5.82 Å². The summed E-state index contributed by atoms with van der Waals surface area (Å²) in [5, 5.41) is 9.55. The molecule has 2 aromatic rings. The Bertz CT molecular complexity index is 886. The first-order valence-electron chi connectivity index (χ1n) is 11.1. The van der Waals surface area contributed by atoms with Gasteiger partial charge >= 0.3 is 0 Å². The molecule has 5 heteroatoms. The summed E-state index contributed by atoms with van der Waals surface area (Å²) in [6.07, 6.45) is 6.64. The van der Waals surface area contributed by atoms with Crippen molar-refractivity contribution in [1.29, 1.82) is 0 Å². The molecule has 0 radical (unpaired) electrons. The van der Waals surface area contributed by atoms with Gasteiger partial charge in [0.1, 0.15) is 5.82 Å². The standard InChI is InChI=1S/C26H31F3O2/c1-3-4-15-31-24-14-13-22(25(28)26(24)29)20-10-7-18(8-11-20)5-6-19-9-12-21(17(2)30)23(27)16-19/h3,9,12-14,16-18,20,30H,1,4-8,10-11,15H2,2H3. The highest BCUT2D eigenvalue weighted by Crippen LogP contribution is 2.40. The molecule has 2 nitrogen and oxygen atoms in total. The van der Waals surface area contributed by atoms with Crippen LogP contribution < -0.4 is 4.74 Å². The van der Waals surface area contributed by atoms with Crippen LogP contribution in [-0.4, -0.2) is 11.7 Å². The van der Waals surface area contributed by atoms with Gasteiger partial charge in [0.15, 0.2) is 11.6 Å². The molecule has 1 atom stereocenters. The van der Waals surface area contributed by atoms with Crippen LogP contribution in [-0.2, 0) is 6.42 Å². The molecule has 0 heterocycles. The van der Waals surface area contributed by atoms with Crippen molar-refractivity contribution in [2.24, 2.45) is 5.92 Å². The zero-order valence-electron chi connectivity index (χ0n) is 18.0. The van der Waals surface area contributed by atoms with E-state index in [9.17, 15) is 18.3 Å². The van der Waals surface area contributed by atoms with Gasteiger partial charge in [-0.05, 0) is 87.0 Å². The van der Waals surface area contributed by atoms with Gasteiger partial charge in [0.05, 0.1) is 12.7 Å². The van der Waals surface area contributed by atoms with Crippen LogP contribution >= 0.6 is 0 Å². The molecule has 1 N–H and O–H groups in total. The molecule has 168 valence electrons. The Morgan fingerprint density at radius 2 is 1.84 bits per heavy atom. The molecule has 1 fully saturated rings. The monoisotopic (exact) mass is 432 g/mol. The van der Waals surface area contributed by atoms with Crippen LogP contribution in [0.1, 0.15) is 74.2 Å². The van der Waals surface area contributed by atoms with Crippen molar-refractivity contribution in [3.8, 4) is 5.75 Å². The molecule has 1 saturated carbocycles. The third kappa shape index (κ3) is 5.91. The van der Waals surface area contributed by atoms with Crippen molar-refractivity contribution in [2.75, 3.05) is 6.61 Å². The average molecular weight is 433 g/mol. The molecule has 2 aromatic carbocycles. The molecule has 0 saturated heterocycles. The maximum absolute atomic E-state index is 14.6. The highest BCUT2D eigenvalue weighted by Gasteiger charge is 2.26. The minimum absolute atomic E-state index is 0.00995. The molecule has 0 aromatic heterocycles. The Labute approximate surface area is 182 Å². The van der Waals surface area contributed by atoms with Crippen LogP contribution in [0.3, 0.4) is 0 Å². The number of hydrogen-bond acceptors (Lipinski definition) is 2. The Morgan fingerprint density at radius 1 is 1.10 bits per heavy atom. The van der Waals surface area contributed by atoms with E-state index in [1.54, 1.807) is 25.1 Å². The maximum Gasteiger partial charge on any atom is 0.200 e. The molecule has 0 spiro atoms. The van der Waals surface area contributed by atoms with E-state index in [2.05, 4.69) is 6.58 Å². The lowest BCUT2D eigenvalue weighted by Crippen LogP contribution is -2.16. The van der Waals surface area contributed by atoms with Crippen molar-refractivity contribution in [1.82, 2.24) is 0 Å². The fraction of sp³-hybridized carbons (Fsp3) is 0.462. The van der Waals surface area contributed by atoms with Gasteiger partial charge in [0, 0.05) is 5.56 Å². The van der Waals surface area contributed by atoms with E-state index in [1.807, 2.05) is 6.07 Å². The Hall–Kier alpha value is -2.27. The minimum atomic E-state index is -0.911. The number of aliphatic hydroxyl groups excluding tert-OH is 1. The topological polar surface area (TPSA) is 29.5 Å². The van der Waals surface area contributed by atoms with E-state index in [1.165, 1.54) is 12.1 Å². The molecule has 0 amide bonds. The maximum atomic E-state index is 14.6. The SMILES string of the molecule is C=CCCOc1ccc(C2CCC(CCc3ccc(C(C)O)c(F)c3)CC2)c(F)c1F. The Morgan fingerprint density at radius 3 is 2.48 bits per heavy atom. The summed E-state index contributed by atoms with van der Waals surface area (Å²) in [5.74, 6) is -1.63. The van der Waals surface area contributed by atoms with Crippen LogP contribution in [0.5, 0.6) is 5.75 Å². The quantitative estimate of drug-likeness (QED) is 0.341. The van der Waals surface area contributed by atoms with Crippen LogP contribution in [0.25, 0.3) is 0 Å². The number of benzene rings is 2. The van der Waals surface area contributed by atoms with Crippen LogP contribution in [0.2, 0.25) is 0 Å². The molecule has 3 rings (SSSR count). The largest absolute Gasteiger partial charge is 0.490 e. The molecule has 1 unspecified atom stereocenters. The zero-order valence-corrected chi connectivity index (χ0v) is 18.0. The number of halogens is 3. The van der Waals surface area contributed by atoms with E-state index in [4.69, 9.17) is 4.74 Å². The smallest absolute Gasteiger partial charge is 0.200 e. The lowest BCUT2D eigenvalue weighted by atomic mass is 9.76. The summed E-state index contributed by atoms with van der Waals surface area (Å²) >= 11 is 0. The van der Waals surface area contributed by atoms with Crippen LogP contribution in [0.4, 0.5) is 13.2 Å². The van der Waals surface area contributed by atoms with E-state index < -0.39 is 17.7 Å². The second-order valence-corrected chi connectivity index (χ2v) is 8.49. The normalized spacial score (nSPS) is 19.8. The predicted molar refractivity (Wildman–Crippen MR) is 117 cm³/mol. The molecular formula is C26H31F3O2. The summed E-state index contributed by atoms with van der Waals surface area (Å²) in [6.45, 7) is 5.41. The van der Waals surface area contributed by atoms with Gasteiger partial charge in [-0.15, -0.1) is 6.58 Å². The van der Waals surface area contributed by atoms with Crippen molar-refractivity contribution >= 4 is 0 Å². The van der Waals surface area contributed by atoms with Crippen molar-refractivity contribution in [3.63, 3.8) is 0 Å². The first-order chi connectivity index (χ1) is 14.9. The van der Waals surface area contributed by atoms with Crippen molar-refractivity contribution < 1.29 is 23.0 Å². The summed E-state index contributed by atoms with van der Waals surface area (Å²) in [5.41, 5.74) is 1.67. The first-order valence-corrected chi connectivity index (χ1v) is 11.1. The molecule has 0 bridgehead atoms. The summed E-state index contributed by atoms with van der Waals surface area (Å²) < 4.78 is 48.3. The number of aryl methyl sites for hydroxylation is 1. The minimum Gasteiger partial charge on any atom is -0.490 e. The first kappa shape index (κ1) is 23.4. The Balaban J connectivity index is 1.53. The van der Waals surface area contributed by atoms with Gasteiger partial charge in [-0.3, -0.25) is 0 Å². The second-order valence-electron chi connectivity index (χ2n) is 8.49. The third-order valence-electron chi connectivity index (χ3n) is 6.30. The molecular weight excluding hydrogens is 401 g/mol. The van der Waals surface area contributed by atoms with Crippen molar-refractivity contribution in [3.05, 3.63) is 77.1 Å². The van der Waals surface area contributed by atoms with Crippen LogP contribution in [0.15, 0.2) is 43.0 Å². The lowest BCUT2D eigenvalue weighted by Gasteiger charge is -2.29. The fourth-order valence-electron chi connectivity index (χ4n) is 4.42. The van der Waals surface area contributed by atoms with Gasteiger partial charge in [-0.1, -0.05) is 24.3 Å². The predicted octanol–water partition coefficient (Wildman–Crippen LogP) is 7.02. The van der Waals surface area contributed by atoms with Crippen molar-refractivity contribution in [2.45, 2.75) is 63.9 Å². The highest BCUT2D eigenvalue weighted by atomic mass is 19.2. The summed E-state index contributed by atoms with van der Waals surface area (Å²) in [4.78, 5) is 0. The van der Waals surface area contributed by atoms with Gasteiger partial charge < -0.3 is 9.84 Å². The number of rotatable bonds is 9. The second kappa shape index (κ2) is 10.9. The molecule has 31 heavy (non-hydrogen) atoms. The number of hydrogen-bond donors (Lipinski definition) is 1. The number of ether oxygens (including phenoxy) is 1. The molecule has 1 aliphatic carbocycles. The van der Waals surface area contributed by atoms with E-state index >= 15 is 0 Å². The fourth-order valence-corrected chi connectivity index (χ4v) is 4.42. The number of aliphatic hydroxyl groups is 1. The van der Waals surface area contributed by atoms with Gasteiger partial charge in [-0.2, -0.15) is 4.39 Å².